The quantitative estimate of drug-likeness (QED) is 0.298. The van der Waals surface area contributed by atoms with Crippen molar-refractivity contribution in [3.63, 3.8) is 0 Å². The molecule has 184 valence electrons. The van der Waals surface area contributed by atoms with Gasteiger partial charge in [-0.3, -0.25) is 5.32 Å². The minimum Gasteiger partial charge on any atom is -0.332 e. The Labute approximate surface area is 200 Å². The summed E-state index contributed by atoms with van der Waals surface area (Å²) in [5.74, 6) is -0.174. The van der Waals surface area contributed by atoms with E-state index in [4.69, 9.17) is 16.1 Å². The molecule has 5 rings (SSSR count). The molecule has 0 amide bonds. The van der Waals surface area contributed by atoms with E-state index in [2.05, 4.69) is 35.5 Å². The first-order valence-electron chi connectivity index (χ1n) is 9.72. The number of alkyl halides is 6. The van der Waals surface area contributed by atoms with Crippen LogP contribution >= 0.6 is 11.6 Å². The number of halogens is 7. The number of anilines is 2. The number of nitrogens with zero attached hydrogens (tertiary/aromatic N) is 7. The summed E-state index contributed by atoms with van der Waals surface area (Å²) in [5, 5.41) is 9.39. The van der Waals surface area contributed by atoms with Crippen molar-refractivity contribution in [2.45, 2.75) is 12.4 Å². The minimum absolute atomic E-state index is 0.0603. The second-order valence-corrected chi connectivity index (χ2v) is 7.54. The molecule has 1 aromatic carbocycles. The highest BCUT2D eigenvalue weighted by Gasteiger charge is 2.37. The molecule has 0 aliphatic rings. The molecule has 0 fully saturated rings. The molecule has 0 aliphatic heterocycles. The van der Waals surface area contributed by atoms with E-state index in [9.17, 15) is 26.3 Å². The van der Waals surface area contributed by atoms with Gasteiger partial charge in [0.25, 0.3) is 11.8 Å². The number of hydrogen-bond donors (Lipinski definition) is 1. The molecule has 0 unspecified atom stereocenters. The topological polar surface area (TPSA) is 107 Å². The number of fused-ring (bicyclic) bond motifs is 1. The van der Waals surface area contributed by atoms with E-state index in [1.165, 1.54) is 12.4 Å². The van der Waals surface area contributed by atoms with Gasteiger partial charge in [0.05, 0.1) is 22.5 Å². The Hall–Kier alpha value is -4.27. The van der Waals surface area contributed by atoms with Crippen LogP contribution in [0, 0.1) is 0 Å². The van der Waals surface area contributed by atoms with Crippen molar-refractivity contribution in [2.75, 3.05) is 5.32 Å². The monoisotopic (exact) mass is 526 g/mol. The molecule has 0 spiro atoms. The van der Waals surface area contributed by atoms with Crippen LogP contribution < -0.4 is 5.32 Å². The molecule has 0 atom stereocenters. The van der Waals surface area contributed by atoms with Crippen LogP contribution in [0.3, 0.4) is 0 Å². The fourth-order valence-electron chi connectivity index (χ4n) is 3.22. The van der Waals surface area contributed by atoms with Crippen LogP contribution in [-0.2, 0) is 12.4 Å². The molecule has 1 N–H and O–H groups in total. The molecular formula is C20H9ClF6N8O. The molecule has 0 bridgehead atoms. The highest BCUT2D eigenvalue weighted by molar-refractivity contribution is 6.31. The Bertz CT molecular complexity index is 1560. The van der Waals surface area contributed by atoms with E-state index < -0.39 is 28.6 Å². The van der Waals surface area contributed by atoms with Crippen molar-refractivity contribution >= 4 is 29.1 Å². The molecule has 16 heteroatoms. The van der Waals surface area contributed by atoms with Crippen LogP contribution in [0.2, 0.25) is 5.02 Å². The van der Waals surface area contributed by atoms with E-state index in [-0.39, 0.29) is 40.3 Å². The number of benzene rings is 1. The molecule has 0 saturated carbocycles. The zero-order valence-corrected chi connectivity index (χ0v) is 18.1. The lowest BCUT2D eigenvalue weighted by Crippen LogP contribution is -2.14. The van der Waals surface area contributed by atoms with Crippen molar-refractivity contribution in [1.82, 2.24) is 34.7 Å². The zero-order valence-electron chi connectivity index (χ0n) is 17.3. The van der Waals surface area contributed by atoms with E-state index in [1.54, 1.807) is 6.07 Å². The Balaban J connectivity index is 1.61. The zero-order chi connectivity index (χ0) is 25.7. The molecule has 36 heavy (non-hydrogen) atoms. The van der Waals surface area contributed by atoms with Gasteiger partial charge in [0.1, 0.15) is 5.56 Å². The Morgan fingerprint density at radius 2 is 1.67 bits per heavy atom. The maximum Gasteiger partial charge on any atom is 0.433 e. The lowest BCUT2D eigenvalue weighted by atomic mass is 10.1. The van der Waals surface area contributed by atoms with Gasteiger partial charge < -0.3 is 4.52 Å². The molecule has 0 aliphatic carbocycles. The van der Waals surface area contributed by atoms with Crippen LogP contribution in [0.5, 0.6) is 0 Å². The van der Waals surface area contributed by atoms with Crippen LogP contribution in [0.4, 0.5) is 38.2 Å². The summed E-state index contributed by atoms with van der Waals surface area (Å²) >= 11 is 5.75. The minimum atomic E-state index is -4.89. The van der Waals surface area contributed by atoms with Crippen molar-refractivity contribution in [3.8, 4) is 22.7 Å². The fraction of sp³-hybridized carbons (Fsp3) is 0.100. The van der Waals surface area contributed by atoms with Gasteiger partial charge in [-0.05, 0) is 29.4 Å². The second-order valence-electron chi connectivity index (χ2n) is 7.13. The number of rotatable bonds is 4. The summed E-state index contributed by atoms with van der Waals surface area (Å²) in [6.45, 7) is 0. The maximum absolute atomic E-state index is 13.8. The van der Waals surface area contributed by atoms with Gasteiger partial charge in [-0.15, -0.1) is 0 Å². The predicted octanol–water partition coefficient (Wildman–Crippen LogP) is 5.67. The average Bonchev–Trinajstić information content (AvgIpc) is 3.44. The van der Waals surface area contributed by atoms with Crippen molar-refractivity contribution in [2.24, 2.45) is 0 Å². The van der Waals surface area contributed by atoms with Crippen LogP contribution in [0.15, 0.2) is 53.4 Å². The van der Waals surface area contributed by atoms with Gasteiger partial charge in [0, 0.05) is 18.0 Å². The standard InChI is InChI=1S/C20H9ClF6N8O/c21-12-6-9(2-3-11(12)19(22,23)24)13-7-14(20(25,26)27)35-15(31-13)10(8-30-35)16-32-18(34-36-16)33-17-28-4-1-5-29-17/h1-8H,(H,28,29,33,34). The van der Waals surface area contributed by atoms with Gasteiger partial charge in [-0.1, -0.05) is 17.7 Å². The van der Waals surface area contributed by atoms with E-state index in [0.29, 0.717) is 16.6 Å². The summed E-state index contributed by atoms with van der Waals surface area (Å²) < 4.78 is 86.3. The Morgan fingerprint density at radius 3 is 2.33 bits per heavy atom. The lowest BCUT2D eigenvalue weighted by molar-refractivity contribution is -0.142. The highest BCUT2D eigenvalue weighted by Crippen LogP contribution is 2.38. The van der Waals surface area contributed by atoms with Crippen molar-refractivity contribution in [1.29, 1.82) is 0 Å². The average molecular weight is 527 g/mol. The van der Waals surface area contributed by atoms with Gasteiger partial charge in [0.15, 0.2) is 11.3 Å². The molecule has 5 aromatic rings. The largest absolute Gasteiger partial charge is 0.433 e. The van der Waals surface area contributed by atoms with Gasteiger partial charge in [0.2, 0.25) is 5.95 Å². The first-order valence-corrected chi connectivity index (χ1v) is 10.1. The number of hydrogen-bond acceptors (Lipinski definition) is 8. The SMILES string of the molecule is FC(F)(F)c1ccc(-c2cc(C(F)(F)F)n3ncc(-c4nc(Nc5ncccn5)no4)c3n2)cc1Cl. The fourth-order valence-corrected chi connectivity index (χ4v) is 3.50. The van der Waals surface area contributed by atoms with Crippen LogP contribution in [0.25, 0.3) is 28.4 Å². The van der Waals surface area contributed by atoms with Crippen molar-refractivity contribution < 1.29 is 30.9 Å². The van der Waals surface area contributed by atoms with Crippen LogP contribution in [-0.4, -0.2) is 34.7 Å². The third kappa shape index (κ3) is 4.39. The second kappa shape index (κ2) is 8.44. The van der Waals surface area contributed by atoms with E-state index in [1.807, 2.05) is 0 Å². The number of aromatic nitrogens is 7. The summed E-state index contributed by atoms with van der Waals surface area (Å²) in [6, 6.07) is 4.75. The summed E-state index contributed by atoms with van der Waals surface area (Å²) in [6.07, 6.45) is -5.67. The maximum atomic E-state index is 13.8. The first kappa shape index (κ1) is 23.5. The van der Waals surface area contributed by atoms with Gasteiger partial charge in [-0.25, -0.2) is 19.5 Å². The molecule has 9 nitrogen and oxygen atoms in total. The Kier molecular flexibility index (Phi) is 5.50. The predicted molar refractivity (Wildman–Crippen MR) is 112 cm³/mol. The molecule has 0 saturated heterocycles. The summed E-state index contributed by atoms with van der Waals surface area (Å²) in [7, 11) is 0. The molecule has 0 radical (unpaired) electrons. The molecule has 4 heterocycles. The van der Waals surface area contributed by atoms with Gasteiger partial charge in [-0.2, -0.15) is 36.4 Å². The van der Waals surface area contributed by atoms with Crippen LogP contribution in [0.1, 0.15) is 11.3 Å². The highest BCUT2D eigenvalue weighted by atomic mass is 35.5. The third-order valence-corrected chi connectivity index (χ3v) is 5.09. The van der Waals surface area contributed by atoms with E-state index >= 15 is 0 Å². The number of nitrogens with one attached hydrogen (secondary N) is 1. The Morgan fingerprint density at radius 1 is 0.917 bits per heavy atom. The molecule has 4 aromatic heterocycles. The third-order valence-electron chi connectivity index (χ3n) is 4.78. The smallest absolute Gasteiger partial charge is 0.332 e. The van der Waals surface area contributed by atoms with E-state index in [0.717, 1.165) is 18.3 Å². The normalized spacial score (nSPS) is 12.3. The van der Waals surface area contributed by atoms with Gasteiger partial charge >= 0.3 is 12.4 Å². The summed E-state index contributed by atoms with van der Waals surface area (Å²) in [5.41, 5.74) is -3.15. The molecular weight excluding hydrogens is 518 g/mol. The lowest BCUT2D eigenvalue weighted by Gasteiger charge is -2.13. The summed E-state index contributed by atoms with van der Waals surface area (Å²) in [4.78, 5) is 16.1. The van der Waals surface area contributed by atoms with Crippen molar-refractivity contribution in [3.05, 3.63) is 65.2 Å². The first-order chi connectivity index (χ1) is 17.0.